The van der Waals surface area contributed by atoms with Crippen LogP contribution in [-0.2, 0) is 18.9 Å². The van der Waals surface area contributed by atoms with Crippen LogP contribution in [0.15, 0.2) is 36.4 Å². The number of amides is 2. The Morgan fingerprint density at radius 3 is 2.24 bits per heavy atom. The van der Waals surface area contributed by atoms with Crippen molar-refractivity contribution in [3.05, 3.63) is 47.5 Å². The maximum absolute atomic E-state index is 12.4. The lowest BCUT2D eigenvalue weighted by Gasteiger charge is -2.21. The van der Waals surface area contributed by atoms with Crippen LogP contribution < -0.4 is 15.3 Å². The molecule has 10 nitrogen and oxygen atoms in total. The van der Waals surface area contributed by atoms with Crippen molar-refractivity contribution >= 4 is 42.4 Å². The molecule has 2 amide bonds. The van der Waals surface area contributed by atoms with E-state index in [1.807, 2.05) is 0 Å². The monoisotopic (exact) mass is 398 g/mol. The molecule has 3 N–H and O–H groups in total. The highest BCUT2D eigenvalue weighted by Gasteiger charge is 2.41. The van der Waals surface area contributed by atoms with Gasteiger partial charge in [0.1, 0.15) is 22.6 Å². The van der Waals surface area contributed by atoms with E-state index in [2.05, 4.69) is 10.6 Å². The molecule has 0 saturated heterocycles. The third-order valence-electron chi connectivity index (χ3n) is 3.69. The van der Waals surface area contributed by atoms with Gasteiger partial charge in [0.2, 0.25) is 11.8 Å². The fourth-order valence-corrected chi connectivity index (χ4v) is 2.53. The van der Waals surface area contributed by atoms with Crippen LogP contribution in [0.2, 0.25) is 0 Å². The summed E-state index contributed by atoms with van der Waals surface area (Å²) in [6.45, 7) is 2.61. The molecule has 0 fully saturated rings. The van der Waals surface area contributed by atoms with Gasteiger partial charge in [0, 0.05) is 25.2 Å². The van der Waals surface area contributed by atoms with Crippen LogP contribution in [0.25, 0.3) is 0 Å². The Morgan fingerprint density at radius 1 is 0.966 bits per heavy atom. The quantitative estimate of drug-likeness (QED) is 0.522. The summed E-state index contributed by atoms with van der Waals surface area (Å²) in [6.07, 6.45) is 0. The number of benzene rings is 2. The summed E-state index contributed by atoms with van der Waals surface area (Å²) in [7, 11) is -1.68. The minimum atomic E-state index is -1.68. The first-order valence-electron chi connectivity index (χ1n) is 8.34. The maximum Gasteiger partial charge on any atom is 0.868 e. The Hall–Kier alpha value is -4.02. The number of carbonyl (C=O) groups excluding carboxylic acids is 4. The lowest BCUT2D eigenvalue weighted by atomic mass is 10.1. The summed E-state index contributed by atoms with van der Waals surface area (Å²) in [5.74, 6) is -2.85. The van der Waals surface area contributed by atoms with Crippen LogP contribution in [0.1, 0.15) is 34.6 Å². The van der Waals surface area contributed by atoms with Crippen molar-refractivity contribution in [2.75, 3.05) is 10.6 Å². The van der Waals surface area contributed by atoms with Crippen LogP contribution in [0.3, 0.4) is 0 Å². The number of rotatable bonds is 4. The number of phenols is 1. The first-order valence-corrected chi connectivity index (χ1v) is 8.34. The third kappa shape index (κ3) is 4.64. The van der Waals surface area contributed by atoms with E-state index in [1.54, 1.807) is 0 Å². The Labute approximate surface area is 164 Å². The minimum absolute atomic E-state index is 0.0408. The number of anilines is 2. The molecular formula is C18H15BN2O8. The molecule has 148 valence electrons. The first kappa shape index (κ1) is 19.7. The fraction of sp³-hybridized carbons (Fsp3) is 0.111. The van der Waals surface area contributed by atoms with E-state index in [9.17, 15) is 24.3 Å². The number of fused-ring (bicyclic) bond motifs is 1. The fourth-order valence-electron chi connectivity index (χ4n) is 2.53. The van der Waals surface area contributed by atoms with Gasteiger partial charge in [0.25, 0.3) is 0 Å². The van der Waals surface area contributed by atoms with Gasteiger partial charge >= 0.3 is 19.3 Å². The van der Waals surface area contributed by atoms with Gasteiger partial charge in [-0.25, -0.2) is 9.59 Å². The third-order valence-corrected chi connectivity index (χ3v) is 3.69. The molecular weight excluding hydrogens is 383 g/mol. The lowest BCUT2D eigenvalue weighted by Crippen LogP contribution is -2.39. The zero-order valence-corrected chi connectivity index (χ0v) is 15.3. The summed E-state index contributed by atoms with van der Waals surface area (Å²) >= 11 is 0. The number of hydrogen-bond acceptors (Lipinski definition) is 8. The van der Waals surface area contributed by atoms with Crippen LogP contribution >= 0.6 is 0 Å². The van der Waals surface area contributed by atoms with E-state index >= 15 is 0 Å². The van der Waals surface area contributed by atoms with Gasteiger partial charge in [-0.2, -0.15) is 0 Å². The predicted octanol–water partition coefficient (Wildman–Crippen LogP) is 1.70. The van der Waals surface area contributed by atoms with Crippen LogP contribution in [0, 0.1) is 0 Å². The smallest absolute Gasteiger partial charge is 0.507 e. The topological polar surface area (TPSA) is 140 Å². The predicted molar refractivity (Wildman–Crippen MR) is 100 cm³/mol. The highest BCUT2D eigenvalue weighted by atomic mass is 16.8. The summed E-state index contributed by atoms with van der Waals surface area (Å²) in [6, 6.07) is 8.08. The Kier molecular flexibility index (Phi) is 5.39. The molecule has 1 heterocycles. The average Bonchev–Trinajstić information content (AvgIpc) is 2.63. The van der Waals surface area contributed by atoms with Gasteiger partial charge in [-0.15, -0.1) is 0 Å². The minimum Gasteiger partial charge on any atom is -0.507 e. The Morgan fingerprint density at radius 2 is 1.59 bits per heavy atom. The zero-order valence-electron chi connectivity index (χ0n) is 15.3. The van der Waals surface area contributed by atoms with Crippen LogP contribution in [0.4, 0.5) is 11.4 Å². The molecule has 2 aromatic rings. The average molecular weight is 398 g/mol. The van der Waals surface area contributed by atoms with E-state index < -0.39 is 25.0 Å². The Bertz CT molecular complexity index is 1020. The van der Waals surface area contributed by atoms with E-state index in [0.717, 1.165) is 0 Å². The van der Waals surface area contributed by atoms with Crippen molar-refractivity contribution in [3.8, 4) is 11.5 Å². The molecule has 0 bridgehead atoms. The van der Waals surface area contributed by atoms with Crippen molar-refractivity contribution in [3.63, 3.8) is 0 Å². The molecule has 0 saturated carbocycles. The second kappa shape index (κ2) is 7.93. The standard InChI is InChI=1S/C18H15BN2O8/c1-9(22)20-11-3-5-15(24)13(7-11)17(25)28-19-27-16-6-4-12(21-10(2)23)8-14(16)18(26)29-19/h3-8,24H,1-2H3,(H,20,22)(H,21,23). The summed E-state index contributed by atoms with van der Waals surface area (Å²) in [5, 5.41) is 14.9. The second-order valence-electron chi connectivity index (χ2n) is 6.02. The van der Waals surface area contributed by atoms with Gasteiger partial charge in [-0.05, 0) is 36.4 Å². The number of nitrogens with one attached hydrogen (secondary N) is 2. The van der Waals surface area contributed by atoms with Gasteiger partial charge in [-0.1, -0.05) is 0 Å². The highest BCUT2D eigenvalue weighted by Crippen LogP contribution is 2.29. The molecule has 29 heavy (non-hydrogen) atoms. The second-order valence-corrected chi connectivity index (χ2v) is 6.02. The van der Waals surface area contributed by atoms with E-state index in [1.165, 1.54) is 50.2 Å². The number of carbonyl (C=O) groups is 4. The van der Waals surface area contributed by atoms with Gasteiger partial charge in [0.15, 0.2) is 0 Å². The van der Waals surface area contributed by atoms with E-state index in [0.29, 0.717) is 5.69 Å². The highest BCUT2D eigenvalue weighted by molar-refractivity contribution is 6.45. The number of hydrogen-bond donors (Lipinski definition) is 3. The summed E-state index contributed by atoms with van der Waals surface area (Å²) in [5.41, 5.74) is 0.411. The van der Waals surface area contributed by atoms with Crippen molar-refractivity contribution in [2.24, 2.45) is 0 Å². The maximum atomic E-state index is 12.4. The molecule has 0 atom stereocenters. The van der Waals surface area contributed by atoms with Gasteiger partial charge < -0.3 is 29.7 Å². The van der Waals surface area contributed by atoms with Crippen molar-refractivity contribution in [2.45, 2.75) is 13.8 Å². The Balaban J connectivity index is 1.75. The molecule has 2 aromatic carbocycles. The SMILES string of the molecule is CC(=O)Nc1ccc(O)c(C(=O)OB2OC(=O)c3cc(NC(C)=O)ccc3O2)c1. The normalized spacial score (nSPS) is 12.2. The molecule has 3 rings (SSSR count). The molecule has 1 aliphatic heterocycles. The zero-order chi connectivity index (χ0) is 21.1. The number of phenolic OH excluding ortho intramolecular Hbond substituents is 1. The largest absolute Gasteiger partial charge is 0.868 e. The van der Waals surface area contributed by atoms with Crippen LogP contribution in [-0.4, -0.2) is 36.2 Å². The summed E-state index contributed by atoms with van der Waals surface area (Å²) in [4.78, 5) is 46.8. The molecule has 0 aromatic heterocycles. The molecule has 0 aliphatic carbocycles. The molecule has 0 spiro atoms. The van der Waals surface area contributed by atoms with Gasteiger partial charge in [-0.3, -0.25) is 9.59 Å². The summed E-state index contributed by atoms with van der Waals surface area (Å²) < 4.78 is 15.3. The molecule has 1 aliphatic rings. The molecule has 0 unspecified atom stereocenters. The lowest BCUT2D eigenvalue weighted by molar-refractivity contribution is -0.115. The van der Waals surface area contributed by atoms with Crippen molar-refractivity contribution < 1.29 is 38.2 Å². The van der Waals surface area contributed by atoms with E-state index in [-0.39, 0.29) is 34.4 Å². The number of aromatic hydroxyl groups is 1. The molecule has 0 radical (unpaired) electrons. The van der Waals surface area contributed by atoms with Crippen molar-refractivity contribution in [1.82, 2.24) is 0 Å². The van der Waals surface area contributed by atoms with Crippen LogP contribution in [0.5, 0.6) is 11.5 Å². The molecule has 11 heteroatoms. The van der Waals surface area contributed by atoms with Gasteiger partial charge in [0.05, 0.1) is 0 Å². The van der Waals surface area contributed by atoms with E-state index in [4.69, 9.17) is 14.0 Å². The first-order chi connectivity index (χ1) is 13.7. The van der Waals surface area contributed by atoms with Crippen molar-refractivity contribution in [1.29, 1.82) is 0 Å².